The van der Waals surface area contributed by atoms with Gasteiger partial charge in [0.05, 0.1) is 12.5 Å². The van der Waals surface area contributed by atoms with E-state index in [-0.39, 0.29) is 5.97 Å². The standard InChI is InChI=1S/C13H18ClNO2/c1-9-5-6-10(14)7-11(9)15-8-13(2,3)12(16)17-4/h5-7,15H,8H2,1-4H3. The van der Waals surface area contributed by atoms with E-state index in [1.54, 1.807) is 0 Å². The van der Waals surface area contributed by atoms with Crippen LogP contribution in [0.1, 0.15) is 19.4 Å². The first-order valence-corrected chi connectivity index (χ1v) is 5.83. The summed E-state index contributed by atoms with van der Waals surface area (Å²) in [6, 6.07) is 5.63. The molecule has 0 spiro atoms. The van der Waals surface area contributed by atoms with E-state index in [9.17, 15) is 4.79 Å². The summed E-state index contributed by atoms with van der Waals surface area (Å²) in [7, 11) is 1.40. The molecule has 0 amide bonds. The van der Waals surface area contributed by atoms with Crippen LogP contribution < -0.4 is 5.32 Å². The van der Waals surface area contributed by atoms with Crippen LogP contribution in [0.4, 0.5) is 5.69 Å². The van der Waals surface area contributed by atoms with Gasteiger partial charge in [-0.15, -0.1) is 0 Å². The molecule has 0 bridgehead atoms. The van der Waals surface area contributed by atoms with Gasteiger partial charge in [-0.1, -0.05) is 17.7 Å². The minimum atomic E-state index is -0.566. The van der Waals surface area contributed by atoms with Gasteiger partial charge in [0, 0.05) is 17.3 Å². The molecule has 1 aromatic rings. The van der Waals surface area contributed by atoms with E-state index in [4.69, 9.17) is 16.3 Å². The Balaban J connectivity index is 2.73. The van der Waals surface area contributed by atoms with Gasteiger partial charge in [-0.3, -0.25) is 4.79 Å². The number of hydrogen-bond donors (Lipinski definition) is 1. The fraction of sp³-hybridized carbons (Fsp3) is 0.462. The van der Waals surface area contributed by atoms with Gasteiger partial charge in [0.1, 0.15) is 0 Å². The smallest absolute Gasteiger partial charge is 0.313 e. The number of benzene rings is 1. The van der Waals surface area contributed by atoms with E-state index >= 15 is 0 Å². The van der Waals surface area contributed by atoms with Crippen molar-refractivity contribution in [2.24, 2.45) is 5.41 Å². The van der Waals surface area contributed by atoms with Crippen LogP contribution in [0.25, 0.3) is 0 Å². The van der Waals surface area contributed by atoms with E-state index in [2.05, 4.69) is 5.32 Å². The number of rotatable bonds is 4. The first-order valence-electron chi connectivity index (χ1n) is 5.45. The highest BCUT2D eigenvalue weighted by atomic mass is 35.5. The summed E-state index contributed by atoms with van der Waals surface area (Å²) in [5.41, 5.74) is 1.47. The molecule has 4 heteroatoms. The maximum absolute atomic E-state index is 11.5. The van der Waals surface area contributed by atoms with Crippen molar-refractivity contribution in [2.45, 2.75) is 20.8 Å². The van der Waals surface area contributed by atoms with Crippen molar-refractivity contribution in [1.29, 1.82) is 0 Å². The van der Waals surface area contributed by atoms with Crippen LogP contribution in [0.3, 0.4) is 0 Å². The number of hydrogen-bond acceptors (Lipinski definition) is 3. The van der Waals surface area contributed by atoms with Crippen LogP contribution in [0.5, 0.6) is 0 Å². The molecule has 0 aromatic heterocycles. The number of carbonyl (C=O) groups is 1. The lowest BCUT2D eigenvalue weighted by Gasteiger charge is -2.23. The van der Waals surface area contributed by atoms with Gasteiger partial charge in [-0.2, -0.15) is 0 Å². The topological polar surface area (TPSA) is 38.3 Å². The van der Waals surface area contributed by atoms with Crippen LogP contribution in [-0.2, 0) is 9.53 Å². The Morgan fingerprint density at radius 3 is 2.71 bits per heavy atom. The summed E-state index contributed by atoms with van der Waals surface area (Å²) in [6.07, 6.45) is 0. The lowest BCUT2D eigenvalue weighted by molar-refractivity contribution is -0.149. The molecule has 0 heterocycles. The van der Waals surface area contributed by atoms with Crippen molar-refractivity contribution < 1.29 is 9.53 Å². The van der Waals surface area contributed by atoms with Gasteiger partial charge in [0.15, 0.2) is 0 Å². The molecule has 0 aliphatic heterocycles. The quantitative estimate of drug-likeness (QED) is 0.840. The lowest BCUT2D eigenvalue weighted by Crippen LogP contribution is -2.33. The highest BCUT2D eigenvalue weighted by Gasteiger charge is 2.28. The third-order valence-electron chi connectivity index (χ3n) is 2.66. The van der Waals surface area contributed by atoms with Crippen molar-refractivity contribution in [3.05, 3.63) is 28.8 Å². The second kappa shape index (κ2) is 5.41. The van der Waals surface area contributed by atoms with Gasteiger partial charge in [0.2, 0.25) is 0 Å². The summed E-state index contributed by atoms with van der Waals surface area (Å²) in [5, 5.41) is 3.90. The molecule has 0 aliphatic rings. The molecule has 0 atom stereocenters. The number of nitrogens with one attached hydrogen (secondary N) is 1. The number of ether oxygens (including phenoxy) is 1. The van der Waals surface area contributed by atoms with Crippen molar-refractivity contribution in [2.75, 3.05) is 19.0 Å². The lowest BCUT2D eigenvalue weighted by atomic mass is 9.93. The van der Waals surface area contributed by atoms with Gasteiger partial charge in [0.25, 0.3) is 0 Å². The molecular formula is C13H18ClNO2. The summed E-state index contributed by atoms with van der Waals surface area (Å²) in [6.45, 7) is 6.17. The molecular weight excluding hydrogens is 238 g/mol. The fourth-order valence-electron chi connectivity index (χ4n) is 1.45. The average Bonchev–Trinajstić information content (AvgIpc) is 2.29. The largest absolute Gasteiger partial charge is 0.469 e. The van der Waals surface area contributed by atoms with Crippen LogP contribution in [0.2, 0.25) is 5.02 Å². The van der Waals surface area contributed by atoms with E-state index in [1.165, 1.54) is 7.11 Å². The zero-order chi connectivity index (χ0) is 13.1. The van der Waals surface area contributed by atoms with Crippen molar-refractivity contribution in [1.82, 2.24) is 0 Å². The molecule has 0 saturated carbocycles. The van der Waals surface area contributed by atoms with Gasteiger partial charge in [-0.25, -0.2) is 0 Å². The second-order valence-corrected chi connectivity index (χ2v) is 5.12. The molecule has 17 heavy (non-hydrogen) atoms. The first-order chi connectivity index (χ1) is 7.86. The molecule has 1 N–H and O–H groups in total. The Kier molecular flexibility index (Phi) is 4.40. The molecule has 0 radical (unpaired) electrons. The van der Waals surface area contributed by atoms with Gasteiger partial charge < -0.3 is 10.1 Å². The Bertz CT molecular complexity index is 416. The summed E-state index contributed by atoms with van der Waals surface area (Å²) < 4.78 is 4.75. The SMILES string of the molecule is COC(=O)C(C)(C)CNc1cc(Cl)ccc1C. The molecule has 1 aromatic carbocycles. The van der Waals surface area contributed by atoms with Crippen LogP contribution in [0, 0.1) is 12.3 Å². The van der Waals surface area contributed by atoms with E-state index in [1.807, 2.05) is 39.0 Å². The van der Waals surface area contributed by atoms with Crippen LogP contribution >= 0.6 is 11.6 Å². The number of anilines is 1. The van der Waals surface area contributed by atoms with E-state index < -0.39 is 5.41 Å². The Hall–Kier alpha value is -1.22. The zero-order valence-corrected chi connectivity index (χ0v) is 11.4. The highest BCUT2D eigenvalue weighted by molar-refractivity contribution is 6.30. The highest BCUT2D eigenvalue weighted by Crippen LogP contribution is 2.23. The normalized spacial score (nSPS) is 11.1. The number of methoxy groups -OCH3 is 1. The first kappa shape index (κ1) is 13.8. The van der Waals surface area contributed by atoms with Crippen molar-refractivity contribution in [3.63, 3.8) is 0 Å². The minimum Gasteiger partial charge on any atom is -0.469 e. The van der Waals surface area contributed by atoms with Crippen LogP contribution in [-0.4, -0.2) is 19.6 Å². The third kappa shape index (κ3) is 3.63. The number of esters is 1. The molecule has 0 saturated heterocycles. The predicted octanol–water partition coefficient (Wildman–Crippen LogP) is 3.26. The second-order valence-electron chi connectivity index (χ2n) is 4.69. The van der Waals surface area contributed by atoms with Gasteiger partial charge in [-0.05, 0) is 38.5 Å². The van der Waals surface area contributed by atoms with Crippen molar-refractivity contribution >= 4 is 23.3 Å². The molecule has 0 fully saturated rings. The molecule has 3 nitrogen and oxygen atoms in total. The summed E-state index contributed by atoms with van der Waals surface area (Å²) in [4.78, 5) is 11.5. The molecule has 94 valence electrons. The van der Waals surface area contributed by atoms with Crippen molar-refractivity contribution in [3.8, 4) is 0 Å². The molecule has 1 rings (SSSR count). The number of aryl methyl sites for hydroxylation is 1. The maximum Gasteiger partial charge on any atom is 0.313 e. The predicted molar refractivity (Wildman–Crippen MR) is 70.5 cm³/mol. The zero-order valence-electron chi connectivity index (χ0n) is 10.6. The summed E-state index contributed by atoms with van der Waals surface area (Å²) >= 11 is 5.93. The Morgan fingerprint density at radius 1 is 1.47 bits per heavy atom. The van der Waals surface area contributed by atoms with E-state index in [0.717, 1.165) is 11.3 Å². The maximum atomic E-state index is 11.5. The molecule has 0 unspecified atom stereocenters. The summed E-state index contributed by atoms with van der Waals surface area (Å²) in [5.74, 6) is -0.232. The Labute approximate surface area is 107 Å². The van der Waals surface area contributed by atoms with Crippen LogP contribution in [0.15, 0.2) is 18.2 Å². The minimum absolute atomic E-state index is 0.232. The number of carbonyl (C=O) groups excluding carboxylic acids is 1. The van der Waals surface area contributed by atoms with Gasteiger partial charge >= 0.3 is 5.97 Å². The molecule has 0 aliphatic carbocycles. The number of halogens is 1. The monoisotopic (exact) mass is 255 g/mol. The fourth-order valence-corrected chi connectivity index (χ4v) is 1.62. The Morgan fingerprint density at radius 2 is 2.12 bits per heavy atom. The third-order valence-corrected chi connectivity index (χ3v) is 2.89. The van der Waals surface area contributed by atoms with E-state index in [0.29, 0.717) is 11.6 Å². The average molecular weight is 256 g/mol.